The number of nitrogens with zero attached hydrogens (tertiary/aromatic N) is 2. The van der Waals surface area contributed by atoms with E-state index in [4.69, 9.17) is 0 Å². The van der Waals surface area contributed by atoms with E-state index in [1.165, 1.54) is 6.20 Å². The van der Waals surface area contributed by atoms with Crippen LogP contribution < -0.4 is 5.72 Å². The minimum absolute atomic E-state index is 0.302. The molecule has 1 heterocycles. The maximum atomic E-state index is 12.0. The van der Waals surface area contributed by atoms with Gasteiger partial charge < -0.3 is 17.5 Å². The monoisotopic (exact) mass is 163 g/mol. The summed E-state index contributed by atoms with van der Waals surface area (Å²) >= 11 is 0. The number of halogens is 3. The standard InChI is InChI=1S/C5H7BF3N2/c1-2-11-4-3-10-5(11)6(7,8)9/h3-4H,2H2,1H3/q-1. The van der Waals surface area contributed by atoms with Crippen molar-refractivity contribution >= 4 is 12.7 Å². The molecule has 0 aromatic carbocycles. The highest BCUT2D eigenvalue weighted by Gasteiger charge is 2.30. The lowest BCUT2D eigenvalue weighted by Gasteiger charge is -2.14. The molecule has 0 N–H and O–H groups in total. The third kappa shape index (κ3) is 1.55. The molecule has 0 spiro atoms. The zero-order valence-electron chi connectivity index (χ0n) is 5.97. The molecule has 0 saturated heterocycles. The Balaban J connectivity index is 3.02. The van der Waals surface area contributed by atoms with E-state index in [0.29, 0.717) is 6.54 Å². The van der Waals surface area contributed by atoms with Gasteiger partial charge in [-0.2, -0.15) is 0 Å². The van der Waals surface area contributed by atoms with Crippen LogP contribution in [0, 0.1) is 0 Å². The third-order valence-corrected chi connectivity index (χ3v) is 1.38. The molecule has 0 atom stereocenters. The van der Waals surface area contributed by atoms with Crippen molar-refractivity contribution in [2.45, 2.75) is 13.5 Å². The highest BCUT2D eigenvalue weighted by molar-refractivity contribution is 6.72. The molecule has 0 saturated carbocycles. The average molecular weight is 163 g/mol. The van der Waals surface area contributed by atoms with E-state index in [0.717, 1.165) is 10.8 Å². The first-order chi connectivity index (χ1) is 5.05. The lowest BCUT2D eigenvalue weighted by atomic mass is 9.90. The summed E-state index contributed by atoms with van der Waals surface area (Å²) < 4.78 is 37.2. The number of hydrogen-bond donors (Lipinski definition) is 0. The predicted octanol–water partition coefficient (Wildman–Crippen LogP) is 0.957. The Kier molecular flexibility index (Phi) is 1.93. The van der Waals surface area contributed by atoms with Crippen molar-refractivity contribution in [3.63, 3.8) is 0 Å². The molecule has 2 nitrogen and oxygen atoms in total. The molecular weight excluding hydrogens is 156 g/mol. The first-order valence-corrected chi connectivity index (χ1v) is 3.26. The largest absolute Gasteiger partial charge is 0.544 e. The Morgan fingerprint density at radius 3 is 2.55 bits per heavy atom. The minimum Gasteiger partial charge on any atom is -0.443 e. The van der Waals surface area contributed by atoms with Gasteiger partial charge in [0.1, 0.15) is 0 Å². The molecule has 0 unspecified atom stereocenters. The topological polar surface area (TPSA) is 17.8 Å². The van der Waals surface area contributed by atoms with Crippen LogP contribution in [0.3, 0.4) is 0 Å². The van der Waals surface area contributed by atoms with Gasteiger partial charge in [-0.05, 0) is 6.92 Å². The van der Waals surface area contributed by atoms with Crippen molar-refractivity contribution in [3.05, 3.63) is 12.4 Å². The summed E-state index contributed by atoms with van der Waals surface area (Å²) in [5, 5.41) is 0. The van der Waals surface area contributed by atoms with Gasteiger partial charge in [0.25, 0.3) is 0 Å². The second kappa shape index (κ2) is 2.60. The van der Waals surface area contributed by atoms with Gasteiger partial charge in [-0.25, -0.2) is 0 Å². The first-order valence-electron chi connectivity index (χ1n) is 3.26. The molecule has 0 aliphatic heterocycles. The Bertz CT molecular complexity index is 242. The minimum atomic E-state index is -4.95. The van der Waals surface area contributed by atoms with Gasteiger partial charge in [0.15, 0.2) is 0 Å². The predicted molar refractivity (Wildman–Crippen MR) is 36.6 cm³/mol. The van der Waals surface area contributed by atoms with Gasteiger partial charge in [-0.3, -0.25) is 4.98 Å². The highest BCUT2D eigenvalue weighted by Crippen LogP contribution is 2.06. The normalized spacial score (nSPS) is 12.0. The molecule has 0 amide bonds. The second-order valence-corrected chi connectivity index (χ2v) is 2.15. The Hall–Kier alpha value is -0.935. The van der Waals surface area contributed by atoms with E-state index in [1.54, 1.807) is 6.92 Å². The van der Waals surface area contributed by atoms with Crippen LogP contribution in [-0.4, -0.2) is 16.5 Å². The van der Waals surface area contributed by atoms with E-state index in [-0.39, 0.29) is 0 Å². The SMILES string of the molecule is CCn1ccnc1[B-](F)(F)F. The van der Waals surface area contributed by atoms with Crippen LogP contribution in [0.15, 0.2) is 12.4 Å². The fourth-order valence-electron chi connectivity index (χ4n) is 0.881. The van der Waals surface area contributed by atoms with Gasteiger partial charge >= 0.3 is 6.98 Å². The molecule has 0 bridgehead atoms. The molecule has 0 aliphatic carbocycles. The van der Waals surface area contributed by atoms with Crippen molar-refractivity contribution in [1.29, 1.82) is 0 Å². The smallest absolute Gasteiger partial charge is 0.443 e. The molecule has 0 aliphatic rings. The fourth-order valence-corrected chi connectivity index (χ4v) is 0.881. The van der Waals surface area contributed by atoms with Crippen molar-refractivity contribution in [3.8, 4) is 0 Å². The number of aromatic nitrogens is 2. The third-order valence-electron chi connectivity index (χ3n) is 1.38. The molecule has 6 heteroatoms. The van der Waals surface area contributed by atoms with E-state index in [2.05, 4.69) is 4.98 Å². The van der Waals surface area contributed by atoms with Crippen molar-refractivity contribution < 1.29 is 12.9 Å². The molecule has 1 aromatic rings. The van der Waals surface area contributed by atoms with E-state index >= 15 is 0 Å². The number of aryl methyl sites for hydroxylation is 1. The molecule has 0 radical (unpaired) electrons. The van der Waals surface area contributed by atoms with Crippen molar-refractivity contribution in [2.24, 2.45) is 0 Å². The van der Waals surface area contributed by atoms with Crippen LogP contribution in [-0.2, 0) is 6.54 Å². The van der Waals surface area contributed by atoms with Gasteiger partial charge in [-0.15, -0.1) is 0 Å². The summed E-state index contributed by atoms with van der Waals surface area (Å²) in [5.74, 6) is 0. The summed E-state index contributed by atoms with van der Waals surface area (Å²) in [4.78, 5) is 3.22. The lowest BCUT2D eigenvalue weighted by molar-refractivity contribution is 0.490. The summed E-state index contributed by atoms with van der Waals surface area (Å²) in [6, 6.07) is 0. The van der Waals surface area contributed by atoms with Crippen LogP contribution in [0.5, 0.6) is 0 Å². The molecule has 62 valence electrons. The summed E-state index contributed by atoms with van der Waals surface area (Å²) in [5.41, 5.74) is -0.771. The molecular formula is C5H7BF3N2-. The molecule has 0 fully saturated rings. The Morgan fingerprint density at radius 1 is 1.55 bits per heavy atom. The summed E-state index contributed by atoms with van der Waals surface area (Å²) in [6.07, 6.45) is 2.48. The van der Waals surface area contributed by atoms with Crippen molar-refractivity contribution in [2.75, 3.05) is 0 Å². The van der Waals surface area contributed by atoms with E-state index in [9.17, 15) is 12.9 Å². The number of rotatable bonds is 2. The van der Waals surface area contributed by atoms with Crippen LogP contribution in [0.4, 0.5) is 12.9 Å². The molecule has 1 rings (SSSR count). The second-order valence-electron chi connectivity index (χ2n) is 2.15. The summed E-state index contributed by atoms with van der Waals surface area (Å²) in [6.45, 7) is -3.00. The van der Waals surface area contributed by atoms with E-state index < -0.39 is 12.7 Å². The number of hydrogen-bond acceptors (Lipinski definition) is 1. The molecule has 11 heavy (non-hydrogen) atoms. The zero-order chi connectivity index (χ0) is 8.48. The number of imidazole rings is 1. The van der Waals surface area contributed by atoms with Crippen LogP contribution in [0.25, 0.3) is 0 Å². The van der Waals surface area contributed by atoms with Gasteiger partial charge in [-0.1, -0.05) is 0 Å². The van der Waals surface area contributed by atoms with Crippen LogP contribution >= 0.6 is 0 Å². The Morgan fingerprint density at radius 2 is 2.18 bits per heavy atom. The maximum Gasteiger partial charge on any atom is 0.544 e. The fraction of sp³-hybridized carbons (Fsp3) is 0.400. The lowest BCUT2D eigenvalue weighted by Crippen LogP contribution is -2.41. The average Bonchev–Trinajstić information content (AvgIpc) is 2.31. The van der Waals surface area contributed by atoms with Gasteiger partial charge in [0, 0.05) is 24.7 Å². The summed E-state index contributed by atoms with van der Waals surface area (Å²) in [7, 11) is 0. The highest BCUT2D eigenvalue weighted by atomic mass is 19.4. The van der Waals surface area contributed by atoms with E-state index in [1.807, 2.05) is 0 Å². The van der Waals surface area contributed by atoms with Gasteiger partial charge in [0.05, 0.1) is 0 Å². The first kappa shape index (κ1) is 8.16. The van der Waals surface area contributed by atoms with Crippen LogP contribution in [0.1, 0.15) is 6.92 Å². The maximum absolute atomic E-state index is 12.0. The zero-order valence-corrected chi connectivity index (χ0v) is 5.97. The quantitative estimate of drug-likeness (QED) is 0.593. The molecule has 1 aromatic heterocycles. The Labute approximate surface area is 62.1 Å². The van der Waals surface area contributed by atoms with Crippen molar-refractivity contribution in [1.82, 2.24) is 9.55 Å². The van der Waals surface area contributed by atoms with Crippen LogP contribution in [0.2, 0.25) is 0 Å². The van der Waals surface area contributed by atoms with Gasteiger partial charge in [0.2, 0.25) is 0 Å².